The molecule has 0 N–H and O–H groups in total. The number of hydrogen-bond acceptors (Lipinski definition) is 3. The SMILES string of the molecule is CCCCCCCCCCCCC/C=C\C(=O)N(CCCCN(C)C)CCCCN(C)C. The quantitative estimate of drug-likeness (QED) is 0.127. The lowest BCUT2D eigenvalue weighted by atomic mass is 10.1. The Kier molecular flexibility index (Phi) is 22.7. The molecular formula is C28H57N3O. The minimum absolute atomic E-state index is 0.211. The fourth-order valence-electron chi connectivity index (χ4n) is 4.01. The molecular weight excluding hydrogens is 394 g/mol. The molecule has 0 rings (SSSR count). The lowest BCUT2D eigenvalue weighted by Gasteiger charge is -2.22. The second-order valence-corrected chi connectivity index (χ2v) is 10.1. The second kappa shape index (κ2) is 23.3. The van der Waals surface area contributed by atoms with Crippen LogP contribution in [0.2, 0.25) is 0 Å². The molecule has 0 radical (unpaired) electrons. The van der Waals surface area contributed by atoms with Gasteiger partial charge in [0, 0.05) is 13.1 Å². The standard InChI is InChI=1S/C28H57N3O/c1-6-7-8-9-10-11-12-13-14-15-16-17-18-23-28(32)31(26-21-19-24-29(2)3)27-22-20-25-30(4)5/h18,23H,6-17,19-22,24-27H2,1-5H3/b23-18-. The van der Waals surface area contributed by atoms with E-state index in [9.17, 15) is 4.79 Å². The van der Waals surface area contributed by atoms with Gasteiger partial charge in [-0.2, -0.15) is 0 Å². The summed E-state index contributed by atoms with van der Waals surface area (Å²) in [5, 5.41) is 0. The van der Waals surface area contributed by atoms with Crippen molar-refractivity contribution in [2.24, 2.45) is 0 Å². The minimum atomic E-state index is 0.211. The number of amides is 1. The minimum Gasteiger partial charge on any atom is -0.339 e. The first-order valence-electron chi connectivity index (χ1n) is 13.7. The highest BCUT2D eigenvalue weighted by Gasteiger charge is 2.10. The van der Waals surface area contributed by atoms with Crippen molar-refractivity contribution in [3.05, 3.63) is 12.2 Å². The van der Waals surface area contributed by atoms with Gasteiger partial charge in [-0.25, -0.2) is 0 Å². The summed E-state index contributed by atoms with van der Waals surface area (Å²) in [5.41, 5.74) is 0. The first kappa shape index (κ1) is 31.1. The van der Waals surface area contributed by atoms with Crippen LogP contribution in [0, 0.1) is 0 Å². The fraction of sp³-hybridized carbons (Fsp3) is 0.893. The highest BCUT2D eigenvalue weighted by atomic mass is 16.2. The van der Waals surface area contributed by atoms with E-state index in [1.165, 1.54) is 70.6 Å². The summed E-state index contributed by atoms with van der Waals surface area (Å²) < 4.78 is 0. The van der Waals surface area contributed by atoms with E-state index in [2.05, 4.69) is 55.9 Å². The number of carbonyl (C=O) groups is 1. The predicted molar refractivity (Wildman–Crippen MR) is 142 cm³/mol. The molecule has 190 valence electrons. The van der Waals surface area contributed by atoms with E-state index in [1.54, 1.807) is 0 Å². The zero-order valence-electron chi connectivity index (χ0n) is 22.5. The van der Waals surface area contributed by atoms with Gasteiger partial charge >= 0.3 is 0 Å². The van der Waals surface area contributed by atoms with Crippen molar-refractivity contribution in [1.82, 2.24) is 14.7 Å². The zero-order valence-corrected chi connectivity index (χ0v) is 22.5. The molecule has 0 aliphatic rings. The first-order chi connectivity index (χ1) is 15.5. The van der Waals surface area contributed by atoms with Crippen molar-refractivity contribution in [2.75, 3.05) is 54.4 Å². The Bertz CT molecular complexity index is 418. The van der Waals surface area contributed by atoms with Crippen LogP contribution >= 0.6 is 0 Å². The summed E-state index contributed by atoms with van der Waals surface area (Å²) in [4.78, 5) is 19.2. The summed E-state index contributed by atoms with van der Waals surface area (Å²) in [5.74, 6) is 0.211. The number of allylic oxidation sites excluding steroid dienone is 1. The molecule has 4 nitrogen and oxygen atoms in total. The second-order valence-electron chi connectivity index (χ2n) is 10.1. The molecule has 0 saturated heterocycles. The average molecular weight is 452 g/mol. The lowest BCUT2D eigenvalue weighted by Crippen LogP contribution is -2.32. The molecule has 0 aliphatic carbocycles. The summed E-state index contributed by atoms with van der Waals surface area (Å²) in [6, 6.07) is 0. The number of carbonyl (C=O) groups excluding carboxylic acids is 1. The van der Waals surface area contributed by atoms with E-state index in [4.69, 9.17) is 0 Å². The van der Waals surface area contributed by atoms with Crippen molar-refractivity contribution in [3.8, 4) is 0 Å². The Hall–Kier alpha value is -0.870. The van der Waals surface area contributed by atoms with Gasteiger partial charge in [0.05, 0.1) is 0 Å². The van der Waals surface area contributed by atoms with Crippen LogP contribution in [0.15, 0.2) is 12.2 Å². The van der Waals surface area contributed by atoms with E-state index in [1.807, 2.05) is 6.08 Å². The number of rotatable bonds is 23. The van der Waals surface area contributed by atoms with Gasteiger partial charge in [0.1, 0.15) is 0 Å². The lowest BCUT2D eigenvalue weighted by molar-refractivity contribution is -0.126. The first-order valence-corrected chi connectivity index (χ1v) is 13.7. The molecule has 0 aliphatic heterocycles. The van der Waals surface area contributed by atoms with Gasteiger partial charge in [0.15, 0.2) is 0 Å². The average Bonchev–Trinajstić information content (AvgIpc) is 2.75. The predicted octanol–water partition coefficient (Wildman–Crippen LogP) is 6.76. The van der Waals surface area contributed by atoms with Crippen molar-refractivity contribution >= 4 is 5.91 Å². The molecule has 0 aromatic rings. The third-order valence-electron chi connectivity index (χ3n) is 6.11. The van der Waals surface area contributed by atoms with Gasteiger partial charge < -0.3 is 14.7 Å². The molecule has 4 heteroatoms. The molecule has 0 spiro atoms. The Morgan fingerprint density at radius 2 is 0.969 bits per heavy atom. The van der Waals surface area contributed by atoms with Gasteiger partial charge in [0.2, 0.25) is 5.91 Å². The van der Waals surface area contributed by atoms with Crippen molar-refractivity contribution < 1.29 is 4.79 Å². The summed E-state index contributed by atoms with van der Waals surface area (Å²) in [7, 11) is 8.45. The molecule has 1 amide bonds. The van der Waals surface area contributed by atoms with Crippen molar-refractivity contribution in [2.45, 2.75) is 110 Å². The molecule has 32 heavy (non-hydrogen) atoms. The van der Waals surface area contributed by atoms with Gasteiger partial charge in [-0.05, 0) is 85.9 Å². The van der Waals surface area contributed by atoms with Crippen LogP contribution in [0.3, 0.4) is 0 Å². The monoisotopic (exact) mass is 451 g/mol. The number of hydrogen-bond donors (Lipinski definition) is 0. The molecule has 0 unspecified atom stereocenters. The molecule has 0 fully saturated rings. The van der Waals surface area contributed by atoms with Gasteiger partial charge in [-0.3, -0.25) is 4.79 Å². The fourth-order valence-corrected chi connectivity index (χ4v) is 4.01. The van der Waals surface area contributed by atoms with Crippen LogP contribution in [-0.2, 0) is 4.79 Å². The largest absolute Gasteiger partial charge is 0.339 e. The molecule has 0 saturated carbocycles. The van der Waals surface area contributed by atoms with Crippen LogP contribution in [-0.4, -0.2) is 75.0 Å². The van der Waals surface area contributed by atoms with E-state index in [0.717, 1.165) is 58.3 Å². The van der Waals surface area contributed by atoms with Crippen LogP contribution in [0.4, 0.5) is 0 Å². The Labute approximate surface area is 201 Å². The molecule has 0 aromatic heterocycles. The molecule has 0 atom stereocenters. The van der Waals surface area contributed by atoms with Crippen LogP contribution in [0.5, 0.6) is 0 Å². The van der Waals surface area contributed by atoms with Gasteiger partial charge in [-0.1, -0.05) is 77.2 Å². The topological polar surface area (TPSA) is 26.8 Å². The van der Waals surface area contributed by atoms with E-state index in [0.29, 0.717) is 0 Å². The number of nitrogens with zero attached hydrogens (tertiary/aromatic N) is 3. The normalized spacial score (nSPS) is 11.8. The molecule has 0 aromatic carbocycles. The molecule has 0 bridgehead atoms. The third-order valence-corrected chi connectivity index (χ3v) is 6.11. The summed E-state index contributed by atoms with van der Waals surface area (Å²) in [6.45, 7) is 6.24. The maximum atomic E-state index is 12.7. The Balaban J connectivity index is 3.96. The van der Waals surface area contributed by atoms with E-state index in [-0.39, 0.29) is 5.91 Å². The van der Waals surface area contributed by atoms with Crippen LogP contribution in [0.25, 0.3) is 0 Å². The number of unbranched alkanes of at least 4 members (excludes halogenated alkanes) is 13. The molecule has 0 heterocycles. The third kappa shape index (κ3) is 22.3. The van der Waals surface area contributed by atoms with E-state index < -0.39 is 0 Å². The van der Waals surface area contributed by atoms with Crippen LogP contribution < -0.4 is 0 Å². The highest BCUT2D eigenvalue weighted by Crippen LogP contribution is 2.12. The van der Waals surface area contributed by atoms with Crippen molar-refractivity contribution in [1.29, 1.82) is 0 Å². The van der Waals surface area contributed by atoms with Gasteiger partial charge in [-0.15, -0.1) is 0 Å². The summed E-state index contributed by atoms with van der Waals surface area (Å²) >= 11 is 0. The zero-order chi connectivity index (χ0) is 23.9. The maximum Gasteiger partial charge on any atom is 0.246 e. The van der Waals surface area contributed by atoms with Gasteiger partial charge in [0.25, 0.3) is 0 Å². The Morgan fingerprint density at radius 3 is 1.41 bits per heavy atom. The Morgan fingerprint density at radius 1 is 0.562 bits per heavy atom. The summed E-state index contributed by atoms with van der Waals surface area (Å²) in [6.07, 6.45) is 24.5. The maximum absolute atomic E-state index is 12.7. The van der Waals surface area contributed by atoms with Crippen LogP contribution in [0.1, 0.15) is 110 Å². The highest BCUT2D eigenvalue weighted by molar-refractivity contribution is 5.87. The van der Waals surface area contributed by atoms with E-state index >= 15 is 0 Å². The smallest absolute Gasteiger partial charge is 0.246 e. The van der Waals surface area contributed by atoms with Crippen molar-refractivity contribution in [3.63, 3.8) is 0 Å².